The van der Waals surface area contributed by atoms with Crippen molar-refractivity contribution in [3.63, 3.8) is 0 Å². The first-order valence-corrected chi connectivity index (χ1v) is 11.2. The zero-order valence-corrected chi connectivity index (χ0v) is 19.8. The number of benzene rings is 2. The van der Waals surface area contributed by atoms with E-state index in [1.54, 1.807) is 24.1 Å². The van der Waals surface area contributed by atoms with E-state index in [4.69, 9.17) is 17.3 Å². The third-order valence-electron chi connectivity index (χ3n) is 6.89. The Labute approximate surface area is 200 Å². The highest BCUT2D eigenvalue weighted by atomic mass is 35.5. The van der Waals surface area contributed by atoms with Crippen molar-refractivity contribution in [1.29, 1.82) is 0 Å². The highest BCUT2D eigenvalue weighted by Gasteiger charge is 2.41. The highest BCUT2D eigenvalue weighted by molar-refractivity contribution is 6.30. The standard InChI is InChI=1S/C24H29ClN4O2.ClH/c1-27-22(30)17-5-7-20(8-6-17)28-13-14-29(23(28)31)21-9-11-24(16-26,12-10-21)18-3-2-4-19(25)15-18;/h2-8,15,21H,9-14,16,26H2,1H3,(H,27,30);1H/t21-,24-;. The van der Waals surface area contributed by atoms with Gasteiger partial charge in [0.05, 0.1) is 0 Å². The van der Waals surface area contributed by atoms with Crippen LogP contribution in [0.2, 0.25) is 5.02 Å². The lowest BCUT2D eigenvalue weighted by molar-refractivity contribution is 0.0963. The second-order valence-electron chi connectivity index (χ2n) is 8.48. The van der Waals surface area contributed by atoms with Crippen LogP contribution >= 0.6 is 24.0 Å². The van der Waals surface area contributed by atoms with E-state index in [2.05, 4.69) is 11.4 Å². The SMILES string of the molecule is CNC(=O)c1ccc(N2CCN([C@H]3CC[C@](CN)(c4cccc(Cl)c4)CC3)C2=O)cc1.Cl. The number of carbonyl (C=O) groups is 2. The zero-order chi connectivity index (χ0) is 22.0. The molecule has 1 aliphatic carbocycles. The predicted molar refractivity (Wildman–Crippen MR) is 131 cm³/mol. The summed E-state index contributed by atoms with van der Waals surface area (Å²) >= 11 is 6.22. The van der Waals surface area contributed by atoms with Gasteiger partial charge in [0.15, 0.2) is 0 Å². The number of nitrogens with two attached hydrogens (primary N) is 1. The molecule has 2 aromatic carbocycles. The van der Waals surface area contributed by atoms with E-state index in [-0.39, 0.29) is 35.8 Å². The molecule has 0 unspecified atom stereocenters. The molecule has 0 aromatic heterocycles. The molecule has 0 bridgehead atoms. The van der Waals surface area contributed by atoms with Crippen LogP contribution in [0.5, 0.6) is 0 Å². The maximum atomic E-state index is 13.2. The van der Waals surface area contributed by atoms with Gasteiger partial charge in [-0.15, -0.1) is 12.4 Å². The van der Waals surface area contributed by atoms with Crippen LogP contribution in [0.1, 0.15) is 41.6 Å². The molecule has 0 radical (unpaired) electrons. The van der Waals surface area contributed by atoms with Gasteiger partial charge < -0.3 is 16.0 Å². The summed E-state index contributed by atoms with van der Waals surface area (Å²) in [7, 11) is 1.61. The Hall–Kier alpha value is -2.28. The van der Waals surface area contributed by atoms with Crippen LogP contribution in [0, 0.1) is 0 Å². The van der Waals surface area contributed by atoms with Gasteiger partial charge in [-0.25, -0.2) is 4.79 Å². The van der Waals surface area contributed by atoms with Crippen LogP contribution in [0.4, 0.5) is 10.5 Å². The third-order valence-corrected chi connectivity index (χ3v) is 7.13. The molecule has 172 valence electrons. The number of amides is 3. The summed E-state index contributed by atoms with van der Waals surface area (Å²) in [6.45, 7) is 1.95. The molecule has 2 aromatic rings. The van der Waals surface area contributed by atoms with Crippen molar-refractivity contribution >= 4 is 41.6 Å². The number of hydrogen-bond donors (Lipinski definition) is 2. The monoisotopic (exact) mass is 476 g/mol. The molecule has 3 N–H and O–H groups in total. The van der Waals surface area contributed by atoms with Crippen LogP contribution in [0.15, 0.2) is 48.5 Å². The molecule has 1 aliphatic heterocycles. The first kappa shape index (κ1) is 24.4. The van der Waals surface area contributed by atoms with E-state index in [0.29, 0.717) is 25.2 Å². The normalized spacial score (nSPS) is 23.1. The van der Waals surface area contributed by atoms with Crippen LogP contribution in [0.3, 0.4) is 0 Å². The van der Waals surface area contributed by atoms with Crippen LogP contribution in [-0.2, 0) is 5.41 Å². The first-order valence-electron chi connectivity index (χ1n) is 10.8. The number of rotatable bonds is 5. The van der Waals surface area contributed by atoms with Crippen molar-refractivity contribution in [2.45, 2.75) is 37.1 Å². The van der Waals surface area contributed by atoms with Crippen molar-refractivity contribution in [3.8, 4) is 0 Å². The van der Waals surface area contributed by atoms with E-state index in [1.807, 2.05) is 35.2 Å². The van der Waals surface area contributed by atoms with Gasteiger partial charge in [0, 0.05) is 54.4 Å². The van der Waals surface area contributed by atoms with Gasteiger partial charge in [0.25, 0.3) is 5.91 Å². The highest BCUT2D eigenvalue weighted by Crippen LogP contribution is 2.41. The fourth-order valence-corrected chi connectivity index (χ4v) is 5.16. The Kier molecular flexibility index (Phi) is 7.70. The van der Waals surface area contributed by atoms with Crippen LogP contribution < -0.4 is 16.0 Å². The fraction of sp³-hybridized carbons (Fsp3) is 0.417. The van der Waals surface area contributed by atoms with Gasteiger partial charge in [-0.1, -0.05) is 23.7 Å². The molecule has 2 aliphatic rings. The largest absolute Gasteiger partial charge is 0.355 e. The number of anilines is 1. The summed E-state index contributed by atoms with van der Waals surface area (Å²) < 4.78 is 0. The lowest BCUT2D eigenvalue weighted by Gasteiger charge is -2.42. The molecule has 2 fully saturated rings. The summed E-state index contributed by atoms with van der Waals surface area (Å²) in [5.41, 5.74) is 8.77. The number of halogens is 2. The first-order chi connectivity index (χ1) is 15.0. The van der Waals surface area contributed by atoms with E-state index in [0.717, 1.165) is 36.4 Å². The average Bonchev–Trinajstić information content (AvgIpc) is 3.20. The molecule has 1 saturated heterocycles. The number of carbonyl (C=O) groups excluding carboxylic acids is 2. The Morgan fingerprint density at radius 2 is 1.84 bits per heavy atom. The summed E-state index contributed by atoms with van der Waals surface area (Å²) in [5, 5.41) is 3.35. The van der Waals surface area contributed by atoms with Crippen molar-refractivity contribution in [2.75, 3.05) is 31.6 Å². The minimum atomic E-state index is -0.133. The van der Waals surface area contributed by atoms with E-state index in [1.165, 1.54) is 5.56 Å². The Balaban J connectivity index is 0.00000289. The molecule has 6 nitrogen and oxygen atoms in total. The van der Waals surface area contributed by atoms with Crippen LogP contribution in [-0.4, -0.2) is 49.6 Å². The minimum Gasteiger partial charge on any atom is -0.355 e. The number of nitrogens with zero attached hydrogens (tertiary/aromatic N) is 2. The van der Waals surface area contributed by atoms with Crippen molar-refractivity contribution < 1.29 is 9.59 Å². The maximum Gasteiger partial charge on any atom is 0.324 e. The molecular weight excluding hydrogens is 447 g/mol. The summed E-state index contributed by atoms with van der Waals surface area (Å²) in [6.07, 6.45) is 3.75. The third kappa shape index (κ3) is 4.58. The lowest BCUT2D eigenvalue weighted by Crippen LogP contribution is -2.46. The average molecular weight is 477 g/mol. The van der Waals surface area contributed by atoms with E-state index < -0.39 is 0 Å². The molecule has 3 amide bonds. The van der Waals surface area contributed by atoms with Gasteiger partial charge >= 0.3 is 6.03 Å². The number of urea groups is 1. The van der Waals surface area contributed by atoms with Gasteiger partial charge in [-0.2, -0.15) is 0 Å². The van der Waals surface area contributed by atoms with Crippen molar-refractivity contribution in [1.82, 2.24) is 10.2 Å². The van der Waals surface area contributed by atoms with Crippen molar-refractivity contribution in [2.24, 2.45) is 5.73 Å². The van der Waals surface area contributed by atoms with Gasteiger partial charge in [-0.05, 0) is 67.6 Å². The molecule has 8 heteroatoms. The van der Waals surface area contributed by atoms with E-state index in [9.17, 15) is 9.59 Å². The van der Waals surface area contributed by atoms with Gasteiger partial charge in [-0.3, -0.25) is 9.69 Å². The van der Waals surface area contributed by atoms with E-state index >= 15 is 0 Å². The topological polar surface area (TPSA) is 78.7 Å². The quantitative estimate of drug-likeness (QED) is 0.678. The smallest absolute Gasteiger partial charge is 0.324 e. The summed E-state index contributed by atoms with van der Waals surface area (Å²) in [5.74, 6) is -0.133. The predicted octanol–water partition coefficient (Wildman–Crippen LogP) is 4.20. The lowest BCUT2D eigenvalue weighted by atomic mass is 9.68. The Bertz CT molecular complexity index is 959. The maximum absolute atomic E-state index is 13.2. The Morgan fingerprint density at radius 3 is 2.44 bits per heavy atom. The molecule has 0 spiro atoms. The molecule has 32 heavy (non-hydrogen) atoms. The fourth-order valence-electron chi connectivity index (χ4n) is 4.97. The van der Waals surface area contributed by atoms with Crippen LogP contribution in [0.25, 0.3) is 0 Å². The minimum absolute atomic E-state index is 0. The Morgan fingerprint density at radius 1 is 1.16 bits per heavy atom. The molecule has 0 atom stereocenters. The molecule has 1 heterocycles. The number of hydrogen-bond acceptors (Lipinski definition) is 3. The van der Waals surface area contributed by atoms with Crippen molar-refractivity contribution in [3.05, 3.63) is 64.7 Å². The summed E-state index contributed by atoms with van der Waals surface area (Å²) in [4.78, 5) is 28.7. The molecule has 4 rings (SSSR count). The second kappa shape index (κ2) is 10.1. The molecular formula is C24H30Cl2N4O2. The summed E-state index contributed by atoms with van der Waals surface area (Å²) in [6, 6.07) is 15.5. The zero-order valence-electron chi connectivity index (χ0n) is 18.2. The molecule has 1 saturated carbocycles. The number of nitrogens with one attached hydrogen (secondary N) is 1. The van der Waals surface area contributed by atoms with Gasteiger partial charge in [0.1, 0.15) is 0 Å². The second-order valence-corrected chi connectivity index (χ2v) is 8.92. The van der Waals surface area contributed by atoms with Gasteiger partial charge in [0.2, 0.25) is 0 Å².